The van der Waals surface area contributed by atoms with Crippen molar-refractivity contribution in [1.29, 1.82) is 0 Å². The summed E-state index contributed by atoms with van der Waals surface area (Å²) < 4.78 is 0. The summed E-state index contributed by atoms with van der Waals surface area (Å²) in [6, 6.07) is 0. The van der Waals surface area contributed by atoms with Gasteiger partial charge in [0, 0.05) is 0 Å². The maximum absolute atomic E-state index is 0. The molecule has 0 aromatic rings. The number of hydrogen-bond donors (Lipinski definition) is 0. The average molecular weight is 151 g/mol. The Kier molecular flexibility index (Phi) is 796. The molecule has 0 rings (SSSR count). The Morgan fingerprint density at radius 2 is 0.750 bits per heavy atom. The Morgan fingerprint density at radius 1 is 0.750 bits per heavy atom. The van der Waals surface area contributed by atoms with Gasteiger partial charge in [0.15, 0.2) is 0 Å². The number of rotatable bonds is 0. The van der Waals surface area contributed by atoms with Gasteiger partial charge in [-0.15, -0.1) is 0 Å². The predicted molar refractivity (Wildman–Crippen MR) is 1.37 cm³/mol. The molecular weight excluding hydrogens is 151 g/mol. The van der Waals surface area contributed by atoms with Crippen molar-refractivity contribution in [3.63, 3.8) is 0 Å². The van der Waals surface area contributed by atoms with E-state index in [0.29, 0.717) is 0 Å². The molecule has 0 aliphatic carbocycles. The van der Waals surface area contributed by atoms with Gasteiger partial charge in [0.1, 0.15) is 0 Å². The van der Waals surface area contributed by atoms with Crippen molar-refractivity contribution in [3.05, 3.63) is 0 Å². The van der Waals surface area contributed by atoms with Crippen LogP contribution in [0.15, 0.2) is 0 Å². The molecule has 4 heteroatoms. The molecular formula is CuFeO2. The molecule has 0 aromatic heterocycles. The largest absolute Gasteiger partial charge is 2.00 e. The first-order valence-electron chi connectivity index (χ1n) is 0. The Morgan fingerprint density at radius 3 is 0.750 bits per heavy atom. The molecule has 0 amide bonds. The molecule has 31 valence electrons. The number of hydrogen-bond acceptors (Lipinski definition) is 0. The fourth-order valence-corrected chi connectivity index (χ4v) is 0. The molecule has 0 heterocycles. The van der Waals surface area contributed by atoms with Crippen LogP contribution in [0.5, 0.6) is 0 Å². The maximum atomic E-state index is 0. The SMILES string of the molecule is [Cu+2].[Fe+2].[O-2].[O-2]. The summed E-state index contributed by atoms with van der Waals surface area (Å²) in [5, 5.41) is 0. The van der Waals surface area contributed by atoms with Crippen molar-refractivity contribution in [2.24, 2.45) is 0 Å². The second kappa shape index (κ2) is 37.7. The van der Waals surface area contributed by atoms with Gasteiger partial charge < -0.3 is 11.0 Å². The van der Waals surface area contributed by atoms with Crippen LogP contribution in [-0.4, -0.2) is 0 Å². The van der Waals surface area contributed by atoms with Crippen LogP contribution in [0.25, 0.3) is 0 Å². The van der Waals surface area contributed by atoms with E-state index in [-0.39, 0.29) is 45.1 Å². The smallest absolute Gasteiger partial charge is 2.00 e. The fraction of sp³-hybridized carbons (Fsp3) is 0. The maximum Gasteiger partial charge on any atom is 2.00 e. The van der Waals surface area contributed by atoms with Crippen molar-refractivity contribution < 1.29 is 45.1 Å². The van der Waals surface area contributed by atoms with E-state index < -0.39 is 0 Å². The van der Waals surface area contributed by atoms with Crippen LogP contribution in [0.4, 0.5) is 0 Å². The van der Waals surface area contributed by atoms with Crippen LogP contribution in [0, 0.1) is 0 Å². The third-order valence-corrected chi connectivity index (χ3v) is 0. The van der Waals surface area contributed by atoms with Crippen molar-refractivity contribution in [1.82, 2.24) is 0 Å². The topological polar surface area (TPSA) is 57.0 Å². The average Bonchev–Trinajstić information content (AvgIpc) is 0. The minimum absolute atomic E-state index is 0. The van der Waals surface area contributed by atoms with Crippen LogP contribution in [0.1, 0.15) is 0 Å². The van der Waals surface area contributed by atoms with E-state index in [2.05, 4.69) is 0 Å². The summed E-state index contributed by atoms with van der Waals surface area (Å²) in [6.45, 7) is 0. The van der Waals surface area contributed by atoms with Crippen molar-refractivity contribution in [3.8, 4) is 0 Å². The molecule has 1 radical (unpaired) electrons. The standard InChI is InChI=1S/Cu.Fe.2O/q2*+2;2*-2. The van der Waals surface area contributed by atoms with Crippen LogP contribution in [0.2, 0.25) is 0 Å². The second-order valence-electron chi connectivity index (χ2n) is 0. The van der Waals surface area contributed by atoms with E-state index in [1.165, 1.54) is 0 Å². The van der Waals surface area contributed by atoms with Gasteiger partial charge in [-0.2, -0.15) is 0 Å². The predicted octanol–water partition coefficient (Wildman–Crippen LogP) is -0.243. The molecule has 0 spiro atoms. The molecule has 0 bridgehead atoms. The van der Waals surface area contributed by atoms with Crippen LogP contribution >= 0.6 is 0 Å². The molecule has 0 saturated carbocycles. The summed E-state index contributed by atoms with van der Waals surface area (Å²) >= 11 is 0. The minimum atomic E-state index is 0. The minimum Gasteiger partial charge on any atom is -2.00 e. The zero-order chi connectivity index (χ0) is 0. The molecule has 0 N–H and O–H groups in total. The van der Waals surface area contributed by atoms with Crippen molar-refractivity contribution in [2.75, 3.05) is 0 Å². The summed E-state index contributed by atoms with van der Waals surface area (Å²) in [5.41, 5.74) is 0. The van der Waals surface area contributed by atoms with Gasteiger partial charge in [-0.05, 0) is 0 Å². The molecule has 0 atom stereocenters. The van der Waals surface area contributed by atoms with Crippen LogP contribution < -0.4 is 0 Å². The van der Waals surface area contributed by atoms with Gasteiger partial charge in [-0.1, -0.05) is 0 Å². The van der Waals surface area contributed by atoms with E-state index in [1.54, 1.807) is 0 Å². The molecule has 4 heavy (non-hydrogen) atoms. The Balaban J connectivity index is 0. The Hall–Kier alpha value is 0.959. The molecule has 0 aliphatic rings. The molecule has 0 aromatic carbocycles. The van der Waals surface area contributed by atoms with Gasteiger partial charge >= 0.3 is 34.1 Å². The summed E-state index contributed by atoms with van der Waals surface area (Å²) in [7, 11) is 0. The van der Waals surface area contributed by atoms with E-state index >= 15 is 0 Å². The molecule has 2 nitrogen and oxygen atoms in total. The summed E-state index contributed by atoms with van der Waals surface area (Å²) in [5.74, 6) is 0. The van der Waals surface area contributed by atoms with Gasteiger partial charge in [0.2, 0.25) is 0 Å². The molecule has 0 saturated heterocycles. The monoisotopic (exact) mass is 151 g/mol. The first-order chi connectivity index (χ1) is 0. The molecule has 0 fully saturated rings. The normalized spacial score (nSPS) is 0. The fourth-order valence-electron chi connectivity index (χ4n) is 0. The van der Waals surface area contributed by atoms with Gasteiger partial charge in [0.05, 0.1) is 0 Å². The van der Waals surface area contributed by atoms with Gasteiger partial charge in [-0.3, -0.25) is 0 Å². The zero-order valence-corrected chi connectivity index (χ0v) is 3.52. The Bertz CT molecular complexity index is 6.00. The van der Waals surface area contributed by atoms with Crippen LogP contribution in [0.3, 0.4) is 0 Å². The van der Waals surface area contributed by atoms with E-state index in [9.17, 15) is 0 Å². The zero-order valence-electron chi connectivity index (χ0n) is 1.47. The molecule has 0 aliphatic heterocycles. The third-order valence-electron chi connectivity index (χ3n) is 0. The quantitative estimate of drug-likeness (QED) is 0.429. The van der Waals surface area contributed by atoms with Crippen molar-refractivity contribution >= 4 is 0 Å². The Labute approximate surface area is 45.5 Å². The molecule has 0 unspecified atom stereocenters. The van der Waals surface area contributed by atoms with E-state index in [4.69, 9.17) is 0 Å². The van der Waals surface area contributed by atoms with E-state index in [0.717, 1.165) is 0 Å². The first-order valence-corrected chi connectivity index (χ1v) is 0. The third kappa shape index (κ3) is 12.3. The van der Waals surface area contributed by atoms with Gasteiger partial charge in [0.25, 0.3) is 0 Å². The summed E-state index contributed by atoms with van der Waals surface area (Å²) in [4.78, 5) is 0. The van der Waals surface area contributed by atoms with Crippen LogP contribution in [-0.2, 0) is 45.1 Å². The van der Waals surface area contributed by atoms with Crippen molar-refractivity contribution in [2.45, 2.75) is 0 Å². The second-order valence-corrected chi connectivity index (χ2v) is 0. The van der Waals surface area contributed by atoms with E-state index in [1.807, 2.05) is 0 Å². The first kappa shape index (κ1) is 84.5. The van der Waals surface area contributed by atoms with Gasteiger partial charge in [-0.25, -0.2) is 0 Å². The summed E-state index contributed by atoms with van der Waals surface area (Å²) in [6.07, 6.45) is 0.